The Labute approximate surface area is 124 Å². The lowest BCUT2D eigenvalue weighted by Crippen LogP contribution is -2.26. The van der Waals surface area contributed by atoms with Gasteiger partial charge in [0.1, 0.15) is 0 Å². The molecular formula is C18H31NO. The molecule has 0 aromatic heterocycles. The summed E-state index contributed by atoms with van der Waals surface area (Å²) in [5.74, 6) is 0. The molecule has 0 amide bonds. The van der Waals surface area contributed by atoms with E-state index in [1.54, 1.807) is 7.11 Å². The minimum Gasteiger partial charge on any atom is -0.384 e. The summed E-state index contributed by atoms with van der Waals surface area (Å²) in [6.45, 7) is 11.0. The Hall–Kier alpha value is -0.860. The molecule has 0 bridgehead atoms. The fourth-order valence-electron chi connectivity index (χ4n) is 2.38. The first-order chi connectivity index (χ1) is 9.46. The van der Waals surface area contributed by atoms with Gasteiger partial charge in [-0.1, -0.05) is 52.0 Å². The van der Waals surface area contributed by atoms with Crippen molar-refractivity contribution in [1.29, 1.82) is 0 Å². The first-order valence-electron chi connectivity index (χ1n) is 7.77. The van der Waals surface area contributed by atoms with Crippen molar-refractivity contribution in [3.05, 3.63) is 35.4 Å². The van der Waals surface area contributed by atoms with Gasteiger partial charge in [0, 0.05) is 13.2 Å². The molecule has 0 fully saturated rings. The SMILES string of the molecule is CCCNC(CC(C)(C)C)c1ccc(CCOC)cc1. The molecule has 0 saturated heterocycles. The van der Waals surface area contributed by atoms with Crippen LogP contribution in [0.15, 0.2) is 24.3 Å². The third kappa shape index (κ3) is 6.53. The van der Waals surface area contributed by atoms with E-state index in [1.165, 1.54) is 17.5 Å². The molecule has 1 aromatic carbocycles. The molecule has 0 radical (unpaired) electrons. The molecule has 20 heavy (non-hydrogen) atoms. The van der Waals surface area contributed by atoms with Gasteiger partial charge in [0.05, 0.1) is 6.61 Å². The minimum atomic E-state index is 0.333. The average Bonchev–Trinajstić information content (AvgIpc) is 2.40. The van der Waals surface area contributed by atoms with Gasteiger partial charge in [0.25, 0.3) is 0 Å². The lowest BCUT2D eigenvalue weighted by atomic mass is 9.85. The maximum Gasteiger partial charge on any atom is 0.0502 e. The quantitative estimate of drug-likeness (QED) is 0.762. The standard InChI is InChI=1S/C18H31NO/c1-6-12-19-17(14-18(2,3)4)16-9-7-15(8-10-16)11-13-20-5/h7-10,17,19H,6,11-14H2,1-5H3. The van der Waals surface area contributed by atoms with Crippen LogP contribution in [0.2, 0.25) is 0 Å². The Balaban J connectivity index is 2.73. The van der Waals surface area contributed by atoms with Gasteiger partial charge in [-0.3, -0.25) is 0 Å². The zero-order valence-corrected chi connectivity index (χ0v) is 13.8. The summed E-state index contributed by atoms with van der Waals surface area (Å²) < 4.78 is 5.13. The van der Waals surface area contributed by atoms with E-state index >= 15 is 0 Å². The van der Waals surface area contributed by atoms with Gasteiger partial charge < -0.3 is 10.1 Å². The largest absolute Gasteiger partial charge is 0.384 e. The molecule has 1 N–H and O–H groups in total. The zero-order chi connectivity index (χ0) is 15.0. The molecule has 114 valence electrons. The van der Waals surface area contributed by atoms with Crippen LogP contribution < -0.4 is 5.32 Å². The molecule has 2 heteroatoms. The molecule has 1 atom stereocenters. The van der Waals surface area contributed by atoms with E-state index in [9.17, 15) is 0 Å². The first kappa shape index (κ1) is 17.2. The van der Waals surface area contributed by atoms with Crippen molar-refractivity contribution in [1.82, 2.24) is 5.32 Å². The average molecular weight is 277 g/mol. The molecule has 0 aliphatic rings. The molecule has 2 nitrogen and oxygen atoms in total. The Morgan fingerprint density at radius 3 is 2.30 bits per heavy atom. The summed E-state index contributed by atoms with van der Waals surface area (Å²) in [7, 11) is 1.75. The maximum atomic E-state index is 5.13. The topological polar surface area (TPSA) is 21.3 Å². The number of nitrogens with one attached hydrogen (secondary N) is 1. The van der Waals surface area contributed by atoms with Gasteiger partial charge in [0.15, 0.2) is 0 Å². The number of hydrogen-bond donors (Lipinski definition) is 1. The van der Waals surface area contributed by atoms with Gasteiger partial charge in [0.2, 0.25) is 0 Å². The van der Waals surface area contributed by atoms with Crippen molar-refractivity contribution in [2.24, 2.45) is 5.41 Å². The second-order valence-electron chi connectivity index (χ2n) is 6.76. The van der Waals surface area contributed by atoms with E-state index in [1.807, 2.05) is 0 Å². The summed E-state index contributed by atoms with van der Waals surface area (Å²) in [6, 6.07) is 9.45. The second-order valence-corrected chi connectivity index (χ2v) is 6.76. The van der Waals surface area contributed by atoms with E-state index < -0.39 is 0 Å². The van der Waals surface area contributed by atoms with Gasteiger partial charge in [-0.15, -0.1) is 0 Å². The van der Waals surface area contributed by atoms with Crippen LogP contribution in [-0.4, -0.2) is 20.3 Å². The third-order valence-corrected chi connectivity index (χ3v) is 3.43. The van der Waals surface area contributed by atoms with Crippen molar-refractivity contribution in [2.45, 2.75) is 53.0 Å². The summed E-state index contributed by atoms with van der Waals surface area (Å²) >= 11 is 0. The molecule has 1 aromatic rings. The van der Waals surface area contributed by atoms with Crippen LogP contribution in [0.25, 0.3) is 0 Å². The lowest BCUT2D eigenvalue weighted by molar-refractivity contribution is 0.202. The molecule has 0 spiro atoms. The molecule has 0 aliphatic carbocycles. The Kier molecular flexibility index (Phi) is 7.25. The van der Waals surface area contributed by atoms with Crippen molar-refractivity contribution in [2.75, 3.05) is 20.3 Å². The zero-order valence-electron chi connectivity index (χ0n) is 13.8. The Bertz CT molecular complexity index is 364. The molecule has 1 rings (SSSR count). The van der Waals surface area contributed by atoms with Crippen molar-refractivity contribution in [3.63, 3.8) is 0 Å². The minimum absolute atomic E-state index is 0.333. The number of hydrogen-bond acceptors (Lipinski definition) is 2. The second kappa shape index (κ2) is 8.43. The van der Waals surface area contributed by atoms with Crippen molar-refractivity contribution < 1.29 is 4.74 Å². The monoisotopic (exact) mass is 277 g/mol. The van der Waals surface area contributed by atoms with Crippen LogP contribution in [-0.2, 0) is 11.2 Å². The predicted octanol–water partition coefficient (Wildman–Crippen LogP) is 4.35. The third-order valence-electron chi connectivity index (χ3n) is 3.43. The summed E-state index contributed by atoms with van der Waals surface area (Å²) in [5.41, 5.74) is 3.08. The van der Waals surface area contributed by atoms with E-state index in [0.717, 1.165) is 26.0 Å². The summed E-state index contributed by atoms with van der Waals surface area (Å²) in [4.78, 5) is 0. The van der Waals surface area contributed by atoms with Crippen LogP contribution in [0.3, 0.4) is 0 Å². The Morgan fingerprint density at radius 2 is 1.80 bits per heavy atom. The smallest absolute Gasteiger partial charge is 0.0502 e. The van der Waals surface area contributed by atoms with Crippen LogP contribution >= 0.6 is 0 Å². The van der Waals surface area contributed by atoms with Crippen LogP contribution in [0.5, 0.6) is 0 Å². The lowest BCUT2D eigenvalue weighted by Gasteiger charge is -2.27. The predicted molar refractivity (Wildman–Crippen MR) is 87.1 cm³/mol. The summed E-state index contributed by atoms with van der Waals surface area (Å²) in [5, 5.41) is 3.68. The fraction of sp³-hybridized carbons (Fsp3) is 0.667. The van der Waals surface area contributed by atoms with Crippen molar-refractivity contribution >= 4 is 0 Å². The fourth-order valence-corrected chi connectivity index (χ4v) is 2.38. The van der Waals surface area contributed by atoms with Gasteiger partial charge >= 0.3 is 0 Å². The number of methoxy groups -OCH3 is 1. The molecule has 0 heterocycles. The van der Waals surface area contributed by atoms with Gasteiger partial charge in [-0.25, -0.2) is 0 Å². The number of rotatable bonds is 8. The molecule has 0 saturated carbocycles. The first-order valence-corrected chi connectivity index (χ1v) is 7.77. The number of ether oxygens (including phenoxy) is 1. The van der Waals surface area contributed by atoms with E-state index in [-0.39, 0.29) is 0 Å². The van der Waals surface area contributed by atoms with E-state index in [0.29, 0.717) is 11.5 Å². The molecular weight excluding hydrogens is 246 g/mol. The van der Waals surface area contributed by atoms with Crippen molar-refractivity contribution in [3.8, 4) is 0 Å². The highest BCUT2D eigenvalue weighted by molar-refractivity contribution is 5.25. The normalized spacial score (nSPS) is 13.4. The van der Waals surface area contributed by atoms with Gasteiger partial charge in [-0.05, 0) is 42.3 Å². The van der Waals surface area contributed by atoms with Crippen LogP contribution in [0.4, 0.5) is 0 Å². The Morgan fingerprint density at radius 1 is 1.15 bits per heavy atom. The molecule has 1 unspecified atom stereocenters. The van der Waals surface area contributed by atoms with Crippen LogP contribution in [0.1, 0.15) is 57.7 Å². The van der Waals surface area contributed by atoms with Gasteiger partial charge in [-0.2, -0.15) is 0 Å². The summed E-state index contributed by atoms with van der Waals surface area (Å²) in [6.07, 6.45) is 3.32. The maximum absolute atomic E-state index is 5.13. The number of benzene rings is 1. The highest BCUT2D eigenvalue weighted by Crippen LogP contribution is 2.29. The highest BCUT2D eigenvalue weighted by atomic mass is 16.5. The van der Waals surface area contributed by atoms with E-state index in [4.69, 9.17) is 4.74 Å². The van der Waals surface area contributed by atoms with E-state index in [2.05, 4.69) is 57.3 Å². The highest BCUT2D eigenvalue weighted by Gasteiger charge is 2.19. The molecule has 0 aliphatic heterocycles. The van der Waals surface area contributed by atoms with Crippen LogP contribution in [0, 0.1) is 5.41 Å².